The van der Waals surface area contributed by atoms with E-state index < -0.39 is 0 Å². The molecule has 26 heavy (non-hydrogen) atoms. The third-order valence-electron chi connectivity index (χ3n) is 6.24. The van der Waals surface area contributed by atoms with Crippen molar-refractivity contribution in [3.8, 4) is 0 Å². The zero-order chi connectivity index (χ0) is 17.7. The van der Waals surface area contributed by atoms with Crippen molar-refractivity contribution in [3.63, 3.8) is 0 Å². The fourth-order valence-corrected chi connectivity index (χ4v) is 4.90. The summed E-state index contributed by atoms with van der Waals surface area (Å²) in [7, 11) is 0. The third-order valence-corrected chi connectivity index (χ3v) is 6.24. The van der Waals surface area contributed by atoms with Gasteiger partial charge in [-0.3, -0.25) is 0 Å². The van der Waals surface area contributed by atoms with Crippen LogP contribution >= 0.6 is 0 Å². The minimum atomic E-state index is 0.456. The molecule has 0 bridgehead atoms. The highest BCUT2D eigenvalue weighted by atomic mass is 14.2. The summed E-state index contributed by atoms with van der Waals surface area (Å²) >= 11 is 0. The van der Waals surface area contributed by atoms with Gasteiger partial charge in [-0.15, -0.1) is 0 Å². The van der Waals surface area contributed by atoms with Crippen LogP contribution in [0.25, 0.3) is 29.0 Å². The summed E-state index contributed by atoms with van der Waals surface area (Å²) in [6.07, 6.45) is 13.0. The molecule has 0 fully saturated rings. The molecule has 0 radical (unpaired) electrons. The van der Waals surface area contributed by atoms with Crippen molar-refractivity contribution in [1.29, 1.82) is 0 Å². The molecule has 2 aliphatic carbocycles. The lowest BCUT2D eigenvalue weighted by Crippen LogP contribution is -2.32. The fourth-order valence-electron chi connectivity index (χ4n) is 4.90. The van der Waals surface area contributed by atoms with Gasteiger partial charge in [-0.05, 0) is 82.1 Å². The predicted octanol–water partition coefficient (Wildman–Crippen LogP) is 5.16. The van der Waals surface area contributed by atoms with E-state index in [0.29, 0.717) is 5.92 Å². The molecule has 0 N–H and O–H groups in total. The second kappa shape index (κ2) is 5.99. The monoisotopic (exact) mass is 336 g/mol. The van der Waals surface area contributed by atoms with Gasteiger partial charge in [0.25, 0.3) is 0 Å². The van der Waals surface area contributed by atoms with Crippen molar-refractivity contribution in [3.05, 3.63) is 86.8 Å². The average molecular weight is 336 g/mol. The molecule has 0 saturated carbocycles. The second-order valence-corrected chi connectivity index (χ2v) is 7.70. The number of hydrogen-bond donors (Lipinski definition) is 0. The normalized spacial score (nSPS) is 18.0. The minimum Gasteiger partial charge on any atom is -0.0761 e. The molecule has 0 aromatic heterocycles. The maximum absolute atomic E-state index is 2.44. The highest BCUT2D eigenvalue weighted by molar-refractivity contribution is 5.93. The lowest BCUT2D eigenvalue weighted by molar-refractivity contribution is 0.833. The minimum absolute atomic E-state index is 0.456. The second-order valence-electron chi connectivity index (χ2n) is 7.70. The van der Waals surface area contributed by atoms with Crippen molar-refractivity contribution in [2.24, 2.45) is 0 Å². The first kappa shape index (κ1) is 15.6. The van der Waals surface area contributed by atoms with Crippen LogP contribution in [0.4, 0.5) is 0 Å². The van der Waals surface area contributed by atoms with Crippen LogP contribution < -0.4 is 10.4 Å². The van der Waals surface area contributed by atoms with Crippen LogP contribution in [0.5, 0.6) is 0 Å². The van der Waals surface area contributed by atoms with E-state index >= 15 is 0 Å². The lowest BCUT2D eigenvalue weighted by Gasteiger charge is -2.23. The Balaban J connectivity index is 1.77. The number of allylic oxidation sites excluding steroid dienone is 1. The van der Waals surface area contributed by atoms with E-state index in [1.165, 1.54) is 55.4 Å². The summed E-state index contributed by atoms with van der Waals surface area (Å²) in [5.41, 5.74) is 7.22. The van der Waals surface area contributed by atoms with Crippen LogP contribution in [0, 0.1) is 13.8 Å². The van der Waals surface area contributed by atoms with Gasteiger partial charge in [0, 0.05) is 5.92 Å². The third kappa shape index (κ3) is 2.29. The molecule has 128 valence electrons. The first-order chi connectivity index (χ1) is 12.7. The molecule has 0 heteroatoms. The topological polar surface area (TPSA) is 0 Å². The summed E-state index contributed by atoms with van der Waals surface area (Å²) in [4.78, 5) is 0. The van der Waals surface area contributed by atoms with Crippen molar-refractivity contribution < 1.29 is 0 Å². The molecule has 1 atom stereocenters. The molecule has 3 aromatic carbocycles. The number of hydrogen-bond acceptors (Lipinski definition) is 0. The molecule has 2 aliphatic rings. The standard InChI is InChI=1S/C26H24/c1-17-22-10-5-6-11-23(22)18(2)26-24(17)12-7-13-25(26)21-15-14-19-8-3-4-9-20(19)16-21/h3-4,7-15,21H,5-6,16H2,1-2H3. The maximum Gasteiger partial charge on any atom is 0.00681 e. The molecule has 0 spiro atoms. The van der Waals surface area contributed by atoms with Crippen LogP contribution in [0.2, 0.25) is 0 Å². The van der Waals surface area contributed by atoms with Crippen LogP contribution in [0.15, 0.2) is 48.5 Å². The van der Waals surface area contributed by atoms with E-state index in [-0.39, 0.29) is 0 Å². The Morgan fingerprint density at radius 1 is 0.808 bits per heavy atom. The summed E-state index contributed by atoms with van der Waals surface area (Å²) < 4.78 is 0. The molecule has 5 rings (SSSR count). The van der Waals surface area contributed by atoms with Crippen LogP contribution in [0.1, 0.15) is 46.6 Å². The van der Waals surface area contributed by atoms with Gasteiger partial charge in [0.2, 0.25) is 0 Å². The van der Waals surface area contributed by atoms with Crippen molar-refractivity contribution in [2.75, 3.05) is 0 Å². The molecule has 1 unspecified atom stereocenters. The Morgan fingerprint density at radius 3 is 2.42 bits per heavy atom. The Morgan fingerprint density at radius 2 is 1.58 bits per heavy atom. The molecular formula is C26H24. The Labute approximate surface area is 155 Å². The van der Waals surface area contributed by atoms with Gasteiger partial charge in [-0.1, -0.05) is 66.8 Å². The van der Waals surface area contributed by atoms with E-state index in [2.05, 4.69) is 80.6 Å². The molecule has 0 nitrogen and oxygen atoms in total. The summed E-state index contributed by atoms with van der Waals surface area (Å²) in [5.74, 6) is 0.456. The smallest absolute Gasteiger partial charge is 0.00681 e. The van der Waals surface area contributed by atoms with Gasteiger partial charge in [0.1, 0.15) is 0 Å². The molecular weight excluding hydrogens is 312 g/mol. The van der Waals surface area contributed by atoms with E-state index in [1.807, 2.05) is 0 Å². The van der Waals surface area contributed by atoms with E-state index in [9.17, 15) is 0 Å². The molecule has 0 saturated heterocycles. The lowest BCUT2D eigenvalue weighted by atomic mass is 9.81. The Hall–Kier alpha value is -2.60. The summed E-state index contributed by atoms with van der Waals surface area (Å²) in [6.45, 7) is 4.62. The van der Waals surface area contributed by atoms with Gasteiger partial charge < -0.3 is 0 Å². The first-order valence-electron chi connectivity index (χ1n) is 9.72. The average Bonchev–Trinajstić information content (AvgIpc) is 2.71. The maximum atomic E-state index is 2.44. The van der Waals surface area contributed by atoms with Crippen LogP contribution in [0.3, 0.4) is 0 Å². The van der Waals surface area contributed by atoms with Crippen molar-refractivity contribution >= 4 is 29.0 Å². The zero-order valence-corrected chi connectivity index (χ0v) is 15.5. The van der Waals surface area contributed by atoms with Crippen molar-refractivity contribution in [2.45, 2.75) is 39.0 Å². The van der Waals surface area contributed by atoms with Gasteiger partial charge in [0.05, 0.1) is 0 Å². The number of benzene rings is 3. The van der Waals surface area contributed by atoms with Gasteiger partial charge in [0.15, 0.2) is 0 Å². The molecule has 0 heterocycles. The highest BCUT2D eigenvalue weighted by Crippen LogP contribution is 2.35. The van der Waals surface area contributed by atoms with Crippen LogP contribution in [-0.4, -0.2) is 0 Å². The number of aryl methyl sites for hydroxylation is 2. The van der Waals surface area contributed by atoms with Gasteiger partial charge in [-0.2, -0.15) is 0 Å². The zero-order valence-electron chi connectivity index (χ0n) is 15.5. The highest BCUT2D eigenvalue weighted by Gasteiger charge is 2.19. The molecule has 0 amide bonds. The predicted molar refractivity (Wildman–Crippen MR) is 113 cm³/mol. The van der Waals surface area contributed by atoms with Gasteiger partial charge >= 0.3 is 0 Å². The SMILES string of the molecule is Cc1c2c(c(C)c3c(C4C=Cc5ccccc5C4)cccc13)=CCCC=2. The van der Waals surface area contributed by atoms with E-state index in [0.717, 1.165) is 12.8 Å². The van der Waals surface area contributed by atoms with E-state index in [1.54, 1.807) is 0 Å². The Bertz CT molecular complexity index is 1170. The molecule has 0 aliphatic heterocycles. The molecule has 3 aromatic rings. The number of rotatable bonds is 1. The van der Waals surface area contributed by atoms with Crippen molar-refractivity contribution in [1.82, 2.24) is 0 Å². The summed E-state index contributed by atoms with van der Waals surface area (Å²) in [5, 5.41) is 5.83. The number of fused-ring (bicyclic) bond motifs is 3. The van der Waals surface area contributed by atoms with Crippen LogP contribution in [-0.2, 0) is 6.42 Å². The first-order valence-corrected chi connectivity index (χ1v) is 9.72. The van der Waals surface area contributed by atoms with E-state index in [4.69, 9.17) is 0 Å². The Kier molecular flexibility index (Phi) is 3.60. The van der Waals surface area contributed by atoms with Gasteiger partial charge in [-0.25, -0.2) is 0 Å². The largest absolute Gasteiger partial charge is 0.0761 e. The fraction of sp³-hybridized carbons (Fsp3) is 0.231. The summed E-state index contributed by atoms with van der Waals surface area (Å²) in [6, 6.07) is 15.7. The quantitative estimate of drug-likeness (QED) is 0.575.